The van der Waals surface area contributed by atoms with Gasteiger partial charge in [-0.3, -0.25) is 0 Å². The average molecular weight is 234 g/mol. The van der Waals surface area contributed by atoms with E-state index in [1.165, 1.54) is 0 Å². The molecule has 0 saturated carbocycles. The molecule has 0 rings (SSSR count). The number of hydrogen-bond acceptors (Lipinski definition) is 3. The Morgan fingerprint density at radius 3 is 1.38 bits per heavy atom. The normalized spacial score (nSPS) is 12.4. The molecular formula is C11H26N2O3+2. The highest BCUT2D eigenvalue weighted by molar-refractivity contribution is 5.59. The molecule has 0 saturated heterocycles. The summed E-state index contributed by atoms with van der Waals surface area (Å²) in [5.74, 6) is 0. The molecule has 96 valence electrons. The molecule has 5 nitrogen and oxygen atoms in total. The number of quaternary nitrogens is 2. The van der Waals surface area contributed by atoms with Crippen LogP contribution in [0.15, 0.2) is 0 Å². The van der Waals surface area contributed by atoms with Crippen molar-refractivity contribution < 1.29 is 23.2 Å². The molecule has 0 spiro atoms. The molecule has 0 radical (unpaired) electrons. The third-order valence-corrected chi connectivity index (χ3v) is 1.96. The Morgan fingerprint density at radius 2 is 1.12 bits per heavy atom. The van der Waals surface area contributed by atoms with Crippen LogP contribution in [0.25, 0.3) is 0 Å². The molecule has 0 aliphatic carbocycles. The van der Waals surface area contributed by atoms with Gasteiger partial charge in [-0.2, -0.15) is 0 Å². The minimum Gasteiger partial charge on any atom is -0.428 e. The first-order valence-electron chi connectivity index (χ1n) is 5.51. The quantitative estimate of drug-likeness (QED) is 0.497. The van der Waals surface area contributed by atoms with Gasteiger partial charge in [-0.1, -0.05) is 0 Å². The first kappa shape index (κ1) is 15.2. The molecule has 0 heterocycles. The number of rotatable bonds is 6. The predicted octanol–water partition coefficient (Wildman–Crippen LogP) is 0.552. The summed E-state index contributed by atoms with van der Waals surface area (Å²) in [7, 11) is 12.3. The van der Waals surface area contributed by atoms with Gasteiger partial charge in [0, 0.05) is 0 Å². The maximum absolute atomic E-state index is 11.2. The van der Waals surface area contributed by atoms with Crippen LogP contribution in [0.1, 0.15) is 0 Å². The van der Waals surface area contributed by atoms with Crippen molar-refractivity contribution in [3.8, 4) is 0 Å². The van der Waals surface area contributed by atoms with E-state index >= 15 is 0 Å². The van der Waals surface area contributed by atoms with Gasteiger partial charge >= 0.3 is 6.16 Å². The van der Waals surface area contributed by atoms with Crippen molar-refractivity contribution in [2.24, 2.45) is 0 Å². The molecule has 0 unspecified atom stereocenters. The largest absolute Gasteiger partial charge is 0.508 e. The van der Waals surface area contributed by atoms with Crippen molar-refractivity contribution in [3.63, 3.8) is 0 Å². The van der Waals surface area contributed by atoms with Crippen LogP contribution >= 0.6 is 0 Å². The molecule has 0 aromatic rings. The maximum atomic E-state index is 11.2. The SMILES string of the molecule is C[N+](C)(C)CCOC(=O)OCC[N+](C)(C)C. The van der Waals surface area contributed by atoms with E-state index in [0.29, 0.717) is 13.2 Å². The van der Waals surface area contributed by atoms with Crippen molar-refractivity contribution in [2.75, 3.05) is 68.6 Å². The van der Waals surface area contributed by atoms with Crippen molar-refractivity contribution in [2.45, 2.75) is 0 Å². The number of carbonyl (C=O) groups excluding carboxylic acids is 1. The van der Waals surface area contributed by atoms with E-state index in [2.05, 4.69) is 0 Å². The summed E-state index contributed by atoms with van der Waals surface area (Å²) in [5, 5.41) is 0. The summed E-state index contributed by atoms with van der Waals surface area (Å²) in [4.78, 5) is 11.2. The minimum atomic E-state index is -0.568. The summed E-state index contributed by atoms with van der Waals surface area (Å²) in [6.07, 6.45) is -0.568. The monoisotopic (exact) mass is 234 g/mol. The van der Waals surface area contributed by atoms with E-state index in [1.807, 2.05) is 42.3 Å². The molecule has 5 heteroatoms. The lowest BCUT2D eigenvalue weighted by molar-refractivity contribution is -0.870. The van der Waals surface area contributed by atoms with Crippen molar-refractivity contribution in [1.82, 2.24) is 0 Å². The van der Waals surface area contributed by atoms with E-state index in [9.17, 15) is 4.79 Å². The number of carbonyl (C=O) groups is 1. The van der Waals surface area contributed by atoms with Gasteiger partial charge in [-0.05, 0) is 0 Å². The van der Waals surface area contributed by atoms with Gasteiger partial charge in [0.2, 0.25) is 0 Å². The Hall–Kier alpha value is -0.810. The number of ether oxygens (including phenoxy) is 2. The van der Waals surface area contributed by atoms with Gasteiger partial charge in [0.25, 0.3) is 0 Å². The first-order valence-corrected chi connectivity index (χ1v) is 5.51. The number of likely N-dealkylation sites (N-methyl/N-ethyl adjacent to an activating group) is 2. The number of nitrogens with zero attached hydrogens (tertiary/aromatic N) is 2. The van der Waals surface area contributed by atoms with Gasteiger partial charge < -0.3 is 18.4 Å². The summed E-state index contributed by atoms with van der Waals surface area (Å²) < 4.78 is 11.4. The zero-order chi connectivity index (χ0) is 12.8. The summed E-state index contributed by atoms with van der Waals surface area (Å²) in [6, 6.07) is 0. The Bertz CT molecular complexity index is 194. The smallest absolute Gasteiger partial charge is 0.428 e. The molecule has 0 fully saturated rings. The highest BCUT2D eigenvalue weighted by Gasteiger charge is 2.12. The lowest BCUT2D eigenvalue weighted by Crippen LogP contribution is -2.39. The van der Waals surface area contributed by atoms with Crippen LogP contribution in [0.3, 0.4) is 0 Å². The second-order valence-corrected chi connectivity index (χ2v) is 5.97. The van der Waals surface area contributed by atoms with Crippen molar-refractivity contribution >= 4 is 6.16 Å². The van der Waals surface area contributed by atoms with Crippen LogP contribution < -0.4 is 0 Å². The fourth-order valence-corrected chi connectivity index (χ4v) is 0.847. The molecule has 0 amide bonds. The average Bonchev–Trinajstić information content (AvgIpc) is 1.98. The Balaban J connectivity index is 3.53. The molecule has 16 heavy (non-hydrogen) atoms. The van der Waals surface area contributed by atoms with Crippen LogP contribution in [0.5, 0.6) is 0 Å². The number of hydrogen-bond donors (Lipinski definition) is 0. The maximum Gasteiger partial charge on any atom is 0.508 e. The predicted molar refractivity (Wildman–Crippen MR) is 63.1 cm³/mol. The van der Waals surface area contributed by atoms with Crippen molar-refractivity contribution in [1.29, 1.82) is 0 Å². The van der Waals surface area contributed by atoms with Crippen molar-refractivity contribution in [3.05, 3.63) is 0 Å². The van der Waals surface area contributed by atoms with Gasteiger partial charge in [0.1, 0.15) is 26.3 Å². The summed E-state index contributed by atoms with van der Waals surface area (Å²) in [5.41, 5.74) is 0. The molecule has 0 aliphatic heterocycles. The lowest BCUT2D eigenvalue weighted by atomic mass is 10.5. The molecule has 0 bridgehead atoms. The minimum absolute atomic E-state index is 0.396. The highest BCUT2D eigenvalue weighted by atomic mass is 16.7. The van der Waals surface area contributed by atoms with Gasteiger partial charge in [0.15, 0.2) is 0 Å². The second-order valence-electron chi connectivity index (χ2n) is 5.97. The van der Waals surface area contributed by atoms with Crippen LogP contribution in [-0.2, 0) is 9.47 Å². The highest BCUT2D eigenvalue weighted by Crippen LogP contribution is 1.94. The molecular weight excluding hydrogens is 208 g/mol. The summed E-state index contributed by atoms with van der Waals surface area (Å²) in [6.45, 7) is 2.36. The zero-order valence-corrected chi connectivity index (χ0v) is 11.4. The van der Waals surface area contributed by atoms with E-state index in [0.717, 1.165) is 22.1 Å². The zero-order valence-electron chi connectivity index (χ0n) is 11.4. The van der Waals surface area contributed by atoms with Gasteiger partial charge in [-0.25, -0.2) is 4.79 Å². The molecule has 0 atom stereocenters. The van der Waals surface area contributed by atoms with Crippen LogP contribution in [0.2, 0.25) is 0 Å². The third kappa shape index (κ3) is 11.3. The fourth-order valence-electron chi connectivity index (χ4n) is 0.847. The Morgan fingerprint density at radius 1 is 0.812 bits per heavy atom. The second kappa shape index (κ2) is 6.06. The Labute approximate surface area is 98.7 Å². The molecule has 0 aromatic carbocycles. The summed E-state index contributed by atoms with van der Waals surface area (Å²) >= 11 is 0. The van der Waals surface area contributed by atoms with Crippen LogP contribution in [-0.4, -0.2) is 83.7 Å². The molecule has 0 aliphatic rings. The van der Waals surface area contributed by atoms with Gasteiger partial charge in [0.05, 0.1) is 42.3 Å². The lowest BCUT2D eigenvalue weighted by Gasteiger charge is -2.24. The first-order chi connectivity index (χ1) is 7.10. The molecule has 0 aromatic heterocycles. The van der Waals surface area contributed by atoms with E-state index in [1.54, 1.807) is 0 Å². The van der Waals surface area contributed by atoms with Crippen LogP contribution in [0, 0.1) is 0 Å². The van der Waals surface area contributed by atoms with E-state index in [-0.39, 0.29) is 0 Å². The van der Waals surface area contributed by atoms with Crippen LogP contribution in [0.4, 0.5) is 4.79 Å². The Kier molecular flexibility index (Phi) is 5.75. The standard InChI is InChI=1S/C11H26N2O3/c1-12(2,3)7-9-15-11(14)16-10-8-13(4,5)6/h7-10H2,1-6H3/q+2. The molecule has 0 N–H and O–H groups in total. The van der Waals surface area contributed by atoms with E-state index < -0.39 is 6.16 Å². The van der Waals surface area contributed by atoms with E-state index in [4.69, 9.17) is 9.47 Å². The van der Waals surface area contributed by atoms with Gasteiger partial charge in [-0.15, -0.1) is 0 Å². The fraction of sp³-hybridized carbons (Fsp3) is 0.909. The third-order valence-electron chi connectivity index (χ3n) is 1.96. The topological polar surface area (TPSA) is 35.5 Å².